The summed E-state index contributed by atoms with van der Waals surface area (Å²) in [6.07, 6.45) is 1.13. The van der Waals surface area contributed by atoms with E-state index in [1.807, 2.05) is 18.4 Å². The summed E-state index contributed by atoms with van der Waals surface area (Å²) in [7, 11) is 2.03. The zero-order valence-electron chi connectivity index (χ0n) is 10.7. The van der Waals surface area contributed by atoms with Crippen LogP contribution in [0.2, 0.25) is 0 Å². The molecule has 0 fully saturated rings. The van der Waals surface area contributed by atoms with Crippen LogP contribution in [0.25, 0.3) is 10.4 Å². The zero-order chi connectivity index (χ0) is 12.3. The Kier molecular flexibility index (Phi) is 3.97. The van der Waals surface area contributed by atoms with Gasteiger partial charge in [-0.05, 0) is 37.6 Å². The average Bonchev–Trinajstić information content (AvgIpc) is 2.74. The highest BCUT2D eigenvalue weighted by molar-refractivity contribution is 7.15. The molecule has 1 N–H and O–H groups in total. The van der Waals surface area contributed by atoms with Gasteiger partial charge >= 0.3 is 0 Å². The molecule has 0 saturated carbocycles. The number of rotatable bonds is 4. The van der Waals surface area contributed by atoms with Crippen LogP contribution in [0, 0.1) is 6.92 Å². The second kappa shape index (κ2) is 5.48. The van der Waals surface area contributed by atoms with Crippen LogP contribution in [0.5, 0.6) is 0 Å². The lowest BCUT2D eigenvalue weighted by molar-refractivity contribution is 0.586. The normalized spacial score (nSPS) is 12.6. The summed E-state index contributed by atoms with van der Waals surface area (Å²) in [4.78, 5) is 2.83. The van der Waals surface area contributed by atoms with E-state index in [2.05, 4.69) is 55.6 Å². The van der Waals surface area contributed by atoms with Gasteiger partial charge in [0.1, 0.15) is 0 Å². The molecule has 2 aromatic rings. The van der Waals surface area contributed by atoms with Crippen molar-refractivity contribution in [3.8, 4) is 10.4 Å². The van der Waals surface area contributed by atoms with Gasteiger partial charge in [-0.2, -0.15) is 0 Å². The van der Waals surface area contributed by atoms with Crippen molar-refractivity contribution in [2.45, 2.75) is 26.3 Å². The van der Waals surface area contributed by atoms with Gasteiger partial charge in [0.05, 0.1) is 0 Å². The fourth-order valence-electron chi connectivity index (χ4n) is 2.10. The lowest BCUT2D eigenvalue weighted by Gasteiger charge is -2.10. The predicted octanol–water partition coefficient (Wildman–Crippen LogP) is 4.39. The molecule has 0 saturated heterocycles. The van der Waals surface area contributed by atoms with Crippen molar-refractivity contribution >= 4 is 11.3 Å². The first-order valence-electron chi connectivity index (χ1n) is 6.09. The summed E-state index contributed by atoms with van der Waals surface area (Å²) in [5, 5.41) is 3.37. The third kappa shape index (κ3) is 2.59. The Bertz CT molecular complexity index is 469. The molecule has 1 nitrogen and oxygen atoms in total. The molecule has 1 unspecified atom stereocenters. The van der Waals surface area contributed by atoms with E-state index in [4.69, 9.17) is 0 Å². The molecule has 0 spiro atoms. The standard InChI is InChI=1S/C15H19NS/c1-4-13(16-3)14-10-11(2)15(17-14)12-8-6-5-7-9-12/h5-10,13,16H,4H2,1-3H3. The summed E-state index contributed by atoms with van der Waals surface area (Å²) in [5.74, 6) is 0. The number of benzene rings is 1. The highest BCUT2D eigenvalue weighted by Crippen LogP contribution is 2.35. The van der Waals surface area contributed by atoms with Gasteiger partial charge in [-0.3, -0.25) is 0 Å². The number of thiophene rings is 1. The molecule has 0 bridgehead atoms. The lowest BCUT2D eigenvalue weighted by atomic mass is 10.1. The molecule has 2 heteroatoms. The highest BCUT2D eigenvalue weighted by atomic mass is 32.1. The van der Waals surface area contributed by atoms with Crippen LogP contribution in [-0.2, 0) is 0 Å². The largest absolute Gasteiger partial charge is 0.312 e. The second-order valence-electron chi connectivity index (χ2n) is 4.28. The Morgan fingerprint density at radius 1 is 1.24 bits per heavy atom. The molecule has 0 aliphatic heterocycles. The molecule has 0 aliphatic carbocycles. The van der Waals surface area contributed by atoms with Crippen molar-refractivity contribution in [3.63, 3.8) is 0 Å². The van der Waals surface area contributed by atoms with Gasteiger partial charge in [0.2, 0.25) is 0 Å². The van der Waals surface area contributed by atoms with E-state index in [0.717, 1.165) is 6.42 Å². The minimum atomic E-state index is 0.483. The van der Waals surface area contributed by atoms with Crippen LogP contribution < -0.4 is 5.32 Å². The Labute approximate surface area is 108 Å². The minimum absolute atomic E-state index is 0.483. The van der Waals surface area contributed by atoms with Crippen molar-refractivity contribution in [2.24, 2.45) is 0 Å². The summed E-state index contributed by atoms with van der Waals surface area (Å²) < 4.78 is 0. The Hall–Kier alpha value is -1.12. The first-order valence-corrected chi connectivity index (χ1v) is 6.91. The van der Waals surface area contributed by atoms with Crippen molar-refractivity contribution < 1.29 is 0 Å². The Balaban J connectivity index is 2.37. The van der Waals surface area contributed by atoms with Gasteiger partial charge in [0, 0.05) is 15.8 Å². The Morgan fingerprint density at radius 3 is 2.53 bits per heavy atom. The van der Waals surface area contributed by atoms with Crippen LogP contribution in [0.4, 0.5) is 0 Å². The maximum absolute atomic E-state index is 3.37. The molecular formula is C15H19NS. The molecule has 17 heavy (non-hydrogen) atoms. The molecule has 1 aromatic carbocycles. The van der Waals surface area contributed by atoms with Crippen LogP contribution in [-0.4, -0.2) is 7.05 Å². The molecule has 1 atom stereocenters. The first kappa shape index (κ1) is 12.3. The van der Waals surface area contributed by atoms with E-state index >= 15 is 0 Å². The van der Waals surface area contributed by atoms with Gasteiger partial charge in [-0.1, -0.05) is 37.3 Å². The van der Waals surface area contributed by atoms with Gasteiger partial charge in [-0.25, -0.2) is 0 Å². The zero-order valence-corrected chi connectivity index (χ0v) is 11.5. The summed E-state index contributed by atoms with van der Waals surface area (Å²) in [6.45, 7) is 4.42. The fourth-order valence-corrected chi connectivity index (χ4v) is 3.47. The van der Waals surface area contributed by atoms with Crippen LogP contribution in [0.3, 0.4) is 0 Å². The summed E-state index contributed by atoms with van der Waals surface area (Å²) in [6, 6.07) is 13.4. The number of hydrogen-bond donors (Lipinski definition) is 1. The molecule has 0 amide bonds. The second-order valence-corrected chi connectivity index (χ2v) is 5.36. The van der Waals surface area contributed by atoms with Gasteiger partial charge < -0.3 is 5.32 Å². The van der Waals surface area contributed by atoms with Crippen LogP contribution in [0.15, 0.2) is 36.4 Å². The maximum atomic E-state index is 3.37. The highest BCUT2D eigenvalue weighted by Gasteiger charge is 2.13. The maximum Gasteiger partial charge on any atom is 0.0410 e. The van der Waals surface area contributed by atoms with E-state index in [9.17, 15) is 0 Å². The van der Waals surface area contributed by atoms with Crippen LogP contribution >= 0.6 is 11.3 Å². The van der Waals surface area contributed by atoms with Gasteiger partial charge in [0.25, 0.3) is 0 Å². The van der Waals surface area contributed by atoms with E-state index in [1.54, 1.807) is 0 Å². The quantitative estimate of drug-likeness (QED) is 0.842. The molecule has 2 rings (SSSR count). The molecule has 1 aromatic heterocycles. The summed E-state index contributed by atoms with van der Waals surface area (Å²) >= 11 is 1.91. The third-order valence-corrected chi connectivity index (χ3v) is 4.47. The van der Waals surface area contributed by atoms with E-state index in [1.165, 1.54) is 20.9 Å². The van der Waals surface area contributed by atoms with Crippen molar-refractivity contribution in [2.75, 3.05) is 7.05 Å². The first-order chi connectivity index (χ1) is 8.26. The van der Waals surface area contributed by atoms with Gasteiger partial charge in [-0.15, -0.1) is 11.3 Å². The van der Waals surface area contributed by atoms with E-state index in [0.29, 0.717) is 6.04 Å². The predicted molar refractivity (Wildman–Crippen MR) is 76.6 cm³/mol. The Morgan fingerprint density at radius 2 is 1.94 bits per heavy atom. The molecule has 90 valence electrons. The molecule has 0 aliphatic rings. The molecular weight excluding hydrogens is 226 g/mol. The smallest absolute Gasteiger partial charge is 0.0410 e. The van der Waals surface area contributed by atoms with Crippen LogP contribution in [0.1, 0.15) is 29.8 Å². The fraction of sp³-hybridized carbons (Fsp3) is 0.333. The molecule has 0 radical (unpaired) electrons. The average molecular weight is 245 g/mol. The SMILES string of the molecule is CCC(NC)c1cc(C)c(-c2ccccc2)s1. The van der Waals surface area contributed by atoms with Crippen molar-refractivity contribution in [3.05, 3.63) is 46.8 Å². The third-order valence-electron chi connectivity index (χ3n) is 3.07. The minimum Gasteiger partial charge on any atom is -0.312 e. The van der Waals surface area contributed by atoms with Crippen molar-refractivity contribution in [1.82, 2.24) is 5.32 Å². The molecule has 1 heterocycles. The lowest BCUT2D eigenvalue weighted by Crippen LogP contribution is -2.13. The monoisotopic (exact) mass is 245 g/mol. The number of nitrogens with one attached hydrogen (secondary N) is 1. The number of hydrogen-bond acceptors (Lipinski definition) is 2. The number of aryl methyl sites for hydroxylation is 1. The van der Waals surface area contributed by atoms with Crippen molar-refractivity contribution in [1.29, 1.82) is 0 Å². The summed E-state index contributed by atoms with van der Waals surface area (Å²) in [5.41, 5.74) is 2.71. The van der Waals surface area contributed by atoms with Gasteiger partial charge in [0.15, 0.2) is 0 Å². The van der Waals surface area contributed by atoms with E-state index in [-0.39, 0.29) is 0 Å². The topological polar surface area (TPSA) is 12.0 Å². The van der Waals surface area contributed by atoms with E-state index < -0.39 is 0 Å².